The number of nitrogens with one attached hydrogen (secondary N) is 1. The summed E-state index contributed by atoms with van der Waals surface area (Å²) in [5, 5.41) is 3.31. The van der Waals surface area contributed by atoms with E-state index in [1.807, 2.05) is 27.7 Å². The minimum absolute atomic E-state index is 0.352. The van der Waals surface area contributed by atoms with Crippen molar-refractivity contribution in [2.24, 2.45) is 0 Å². The molecule has 0 aromatic rings. The Kier molecular flexibility index (Phi) is 10.2. The lowest BCUT2D eigenvalue weighted by atomic mass is 10.1. The van der Waals surface area contributed by atoms with Crippen molar-refractivity contribution in [2.45, 2.75) is 38.9 Å². The Morgan fingerprint density at radius 1 is 1.10 bits per heavy atom. The van der Waals surface area contributed by atoms with Crippen molar-refractivity contribution in [3.63, 3.8) is 0 Å². The fourth-order valence-corrected chi connectivity index (χ4v) is 1.66. The molecule has 0 radical (unpaired) electrons. The SMILES string of the molecule is COCCOCCOC(C)(CBr)CNC(=O)OC(C)(C)C. The number of ether oxygens (including phenoxy) is 4. The maximum absolute atomic E-state index is 11.6. The van der Waals surface area contributed by atoms with E-state index in [1.54, 1.807) is 7.11 Å². The molecule has 0 saturated carbocycles. The quantitative estimate of drug-likeness (QED) is 0.472. The third-order valence-corrected chi connectivity index (χ3v) is 3.58. The largest absolute Gasteiger partial charge is 0.444 e. The van der Waals surface area contributed by atoms with Crippen LogP contribution in [0.3, 0.4) is 0 Å². The molecular formula is C14H28BrNO5. The Balaban J connectivity index is 3.96. The normalized spacial score (nSPS) is 14.6. The number of carbonyl (C=O) groups is 1. The van der Waals surface area contributed by atoms with Gasteiger partial charge in [0.2, 0.25) is 0 Å². The molecule has 6 nitrogen and oxygen atoms in total. The zero-order valence-electron chi connectivity index (χ0n) is 13.7. The van der Waals surface area contributed by atoms with Crippen LogP contribution in [-0.2, 0) is 18.9 Å². The smallest absolute Gasteiger partial charge is 0.407 e. The molecule has 0 bridgehead atoms. The summed E-state index contributed by atoms with van der Waals surface area (Å²) in [4.78, 5) is 11.6. The van der Waals surface area contributed by atoms with E-state index in [2.05, 4.69) is 21.2 Å². The van der Waals surface area contributed by atoms with E-state index in [4.69, 9.17) is 18.9 Å². The minimum atomic E-state index is -0.512. The second-order valence-corrected chi connectivity index (χ2v) is 6.45. The van der Waals surface area contributed by atoms with Crippen molar-refractivity contribution >= 4 is 22.0 Å². The third kappa shape index (κ3) is 11.9. The number of hydrogen-bond acceptors (Lipinski definition) is 5. The second-order valence-electron chi connectivity index (χ2n) is 5.89. The van der Waals surface area contributed by atoms with Gasteiger partial charge in [0.05, 0.1) is 38.6 Å². The van der Waals surface area contributed by atoms with Crippen LogP contribution in [0, 0.1) is 0 Å². The van der Waals surface area contributed by atoms with Gasteiger partial charge in [-0.15, -0.1) is 0 Å². The number of alkyl halides is 1. The highest BCUT2D eigenvalue weighted by atomic mass is 79.9. The Morgan fingerprint density at radius 2 is 1.71 bits per heavy atom. The molecule has 7 heteroatoms. The summed E-state index contributed by atoms with van der Waals surface area (Å²) >= 11 is 3.40. The molecule has 0 fully saturated rings. The predicted molar refractivity (Wildman–Crippen MR) is 85.1 cm³/mol. The van der Waals surface area contributed by atoms with Gasteiger partial charge < -0.3 is 24.3 Å². The molecule has 0 heterocycles. The molecule has 0 aliphatic rings. The number of rotatable bonds is 10. The van der Waals surface area contributed by atoms with Crippen molar-refractivity contribution < 1.29 is 23.7 Å². The number of alkyl carbamates (subject to hydrolysis) is 1. The van der Waals surface area contributed by atoms with Crippen molar-refractivity contribution in [3.05, 3.63) is 0 Å². The predicted octanol–water partition coefficient (Wildman–Crippen LogP) is 2.34. The summed E-state index contributed by atoms with van der Waals surface area (Å²) in [7, 11) is 1.63. The van der Waals surface area contributed by atoms with Crippen LogP contribution in [0.15, 0.2) is 0 Å². The van der Waals surface area contributed by atoms with Crippen LogP contribution >= 0.6 is 15.9 Å². The lowest BCUT2D eigenvalue weighted by molar-refractivity contribution is -0.0467. The van der Waals surface area contributed by atoms with E-state index in [0.29, 0.717) is 38.3 Å². The first-order valence-electron chi connectivity index (χ1n) is 6.96. The van der Waals surface area contributed by atoms with Gasteiger partial charge in [0.1, 0.15) is 5.60 Å². The van der Waals surface area contributed by atoms with Crippen LogP contribution in [0.25, 0.3) is 0 Å². The van der Waals surface area contributed by atoms with E-state index in [9.17, 15) is 4.79 Å². The highest BCUT2D eigenvalue weighted by molar-refractivity contribution is 9.09. The maximum Gasteiger partial charge on any atom is 0.407 e. The summed E-state index contributed by atoms with van der Waals surface area (Å²) in [5.74, 6) is 0. The monoisotopic (exact) mass is 369 g/mol. The van der Waals surface area contributed by atoms with Crippen molar-refractivity contribution in [1.82, 2.24) is 5.32 Å². The van der Waals surface area contributed by atoms with Gasteiger partial charge in [-0.05, 0) is 27.7 Å². The van der Waals surface area contributed by atoms with Crippen LogP contribution in [0.4, 0.5) is 4.79 Å². The summed E-state index contributed by atoms with van der Waals surface area (Å²) < 4.78 is 21.2. The minimum Gasteiger partial charge on any atom is -0.444 e. The fraction of sp³-hybridized carbons (Fsp3) is 0.929. The molecule has 1 unspecified atom stereocenters. The van der Waals surface area contributed by atoms with Crippen molar-refractivity contribution in [3.8, 4) is 0 Å². The lowest BCUT2D eigenvalue weighted by Gasteiger charge is -2.29. The Labute approximate surface area is 136 Å². The zero-order valence-corrected chi connectivity index (χ0v) is 15.2. The Morgan fingerprint density at radius 3 is 2.24 bits per heavy atom. The standard InChI is InChI=1S/C14H28BrNO5/c1-13(2,3)21-12(17)16-11-14(4,10-15)20-9-8-19-7-6-18-5/h6-11H2,1-5H3,(H,16,17). The number of amides is 1. The molecule has 0 spiro atoms. The highest BCUT2D eigenvalue weighted by Crippen LogP contribution is 2.13. The number of methoxy groups -OCH3 is 1. The first-order chi connectivity index (χ1) is 9.72. The molecule has 0 aliphatic heterocycles. The number of halogens is 1. The first-order valence-corrected chi connectivity index (χ1v) is 8.08. The van der Waals surface area contributed by atoms with Gasteiger partial charge in [-0.25, -0.2) is 4.79 Å². The maximum atomic E-state index is 11.6. The lowest BCUT2D eigenvalue weighted by Crippen LogP contribution is -2.46. The van der Waals surface area contributed by atoms with Crippen molar-refractivity contribution in [1.29, 1.82) is 0 Å². The first kappa shape index (κ1) is 20.6. The summed E-state index contributed by atoms with van der Waals surface area (Å²) in [6.07, 6.45) is -0.449. The van der Waals surface area contributed by atoms with Crippen LogP contribution in [-0.4, -0.2) is 62.7 Å². The molecule has 0 aliphatic carbocycles. The van der Waals surface area contributed by atoms with E-state index >= 15 is 0 Å². The summed E-state index contributed by atoms with van der Waals surface area (Å²) in [6.45, 7) is 9.77. The van der Waals surface area contributed by atoms with E-state index in [1.165, 1.54) is 0 Å². The van der Waals surface area contributed by atoms with Gasteiger partial charge in [-0.2, -0.15) is 0 Å². The van der Waals surface area contributed by atoms with Crippen LogP contribution in [0.2, 0.25) is 0 Å². The van der Waals surface area contributed by atoms with E-state index in [-0.39, 0.29) is 0 Å². The summed E-state index contributed by atoms with van der Waals surface area (Å²) in [6, 6.07) is 0. The molecule has 1 N–H and O–H groups in total. The van der Waals surface area contributed by atoms with Crippen LogP contribution < -0.4 is 5.32 Å². The zero-order chi connectivity index (χ0) is 16.4. The Bertz CT molecular complexity index is 296. The second kappa shape index (κ2) is 10.4. The molecular weight excluding hydrogens is 342 g/mol. The van der Waals surface area contributed by atoms with Gasteiger partial charge >= 0.3 is 6.09 Å². The Hall–Kier alpha value is -0.370. The van der Waals surface area contributed by atoms with E-state index in [0.717, 1.165) is 0 Å². The van der Waals surface area contributed by atoms with Gasteiger partial charge in [-0.3, -0.25) is 0 Å². The van der Waals surface area contributed by atoms with Gasteiger partial charge in [-0.1, -0.05) is 15.9 Å². The third-order valence-electron chi connectivity index (χ3n) is 2.40. The van der Waals surface area contributed by atoms with Gasteiger partial charge in [0.25, 0.3) is 0 Å². The molecule has 0 aromatic heterocycles. The molecule has 0 aromatic carbocycles. The van der Waals surface area contributed by atoms with Crippen LogP contribution in [0.5, 0.6) is 0 Å². The van der Waals surface area contributed by atoms with Crippen LogP contribution in [0.1, 0.15) is 27.7 Å². The highest BCUT2D eigenvalue weighted by Gasteiger charge is 2.26. The van der Waals surface area contributed by atoms with Gasteiger partial charge in [0, 0.05) is 12.4 Å². The molecule has 1 amide bonds. The molecule has 21 heavy (non-hydrogen) atoms. The average molecular weight is 370 g/mol. The topological polar surface area (TPSA) is 66.0 Å². The molecule has 0 rings (SSSR count). The average Bonchev–Trinajstić information content (AvgIpc) is 2.39. The number of hydrogen-bond donors (Lipinski definition) is 1. The van der Waals surface area contributed by atoms with Gasteiger partial charge in [0.15, 0.2) is 0 Å². The van der Waals surface area contributed by atoms with Crippen molar-refractivity contribution in [2.75, 3.05) is 45.4 Å². The van der Waals surface area contributed by atoms with E-state index < -0.39 is 17.3 Å². The molecule has 126 valence electrons. The molecule has 1 atom stereocenters. The number of carbonyl (C=O) groups excluding carboxylic acids is 1. The fourth-order valence-electron chi connectivity index (χ4n) is 1.30. The molecule has 0 saturated heterocycles. The summed E-state index contributed by atoms with van der Waals surface area (Å²) in [5.41, 5.74) is -1.02.